The Kier molecular flexibility index (Phi) is 6.24. The van der Waals surface area contributed by atoms with Gasteiger partial charge in [-0.2, -0.15) is 13.2 Å². The van der Waals surface area contributed by atoms with E-state index in [-0.39, 0.29) is 36.5 Å². The largest absolute Gasteiger partial charge is 0.416 e. The summed E-state index contributed by atoms with van der Waals surface area (Å²) in [5, 5.41) is 10.1. The summed E-state index contributed by atoms with van der Waals surface area (Å²) in [6.45, 7) is 0.0143. The zero-order valence-electron chi connectivity index (χ0n) is 15.5. The van der Waals surface area contributed by atoms with Gasteiger partial charge in [-0.05, 0) is 18.2 Å². The van der Waals surface area contributed by atoms with Crippen molar-refractivity contribution < 1.29 is 22.4 Å². The number of carbonyl (C=O) groups is 1. The molecule has 0 unspecified atom stereocenters. The number of halogens is 4. The van der Waals surface area contributed by atoms with Crippen LogP contribution in [-0.4, -0.2) is 21.1 Å². The molecule has 0 aliphatic carbocycles. The minimum Gasteiger partial charge on any atom is -0.352 e. The van der Waals surface area contributed by atoms with Crippen LogP contribution < -0.4 is 10.9 Å². The van der Waals surface area contributed by atoms with Crippen LogP contribution in [0.15, 0.2) is 53.3 Å². The number of nitrogens with one attached hydrogen (secondary N) is 2. The monoisotopic (exact) mass is 420 g/mol. The highest BCUT2D eigenvalue weighted by atomic mass is 19.4. The van der Waals surface area contributed by atoms with Gasteiger partial charge in [0.1, 0.15) is 11.5 Å². The Balaban J connectivity index is 1.59. The Bertz CT molecular complexity index is 1090. The fourth-order valence-corrected chi connectivity index (χ4v) is 2.63. The number of rotatable bonds is 6. The van der Waals surface area contributed by atoms with E-state index < -0.39 is 29.0 Å². The van der Waals surface area contributed by atoms with Crippen LogP contribution in [0.25, 0.3) is 11.4 Å². The van der Waals surface area contributed by atoms with Crippen LogP contribution in [0.4, 0.5) is 17.6 Å². The van der Waals surface area contributed by atoms with Crippen molar-refractivity contribution in [3.63, 3.8) is 0 Å². The first-order valence-electron chi connectivity index (χ1n) is 8.87. The number of aromatic amines is 1. The fraction of sp³-hybridized carbons (Fsp3) is 0.200. The van der Waals surface area contributed by atoms with Gasteiger partial charge in [0.2, 0.25) is 5.91 Å². The van der Waals surface area contributed by atoms with E-state index in [1.807, 2.05) is 0 Å². The zero-order chi connectivity index (χ0) is 21.7. The lowest BCUT2D eigenvalue weighted by Gasteiger charge is -2.07. The molecule has 2 N–H and O–H groups in total. The van der Waals surface area contributed by atoms with E-state index in [1.54, 1.807) is 18.2 Å². The molecule has 0 saturated heterocycles. The molecule has 0 aliphatic rings. The fourth-order valence-electron chi connectivity index (χ4n) is 2.63. The van der Waals surface area contributed by atoms with Crippen molar-refractivity contribution in [3.8, 4) is 11.4 Å². The van der Waals surface area contributed by atoms with Crippen molar-refractivity contribution in [2.75, 3.05) is 0 Å². The SMILES string of the molecule is O=C(CCc1nnc(-c2ccc(C(F)(F)F)cc2)[nH]c1=O)NCc1ccccc1F. The van der Waals surface area contributed by atoms with Gasteiger partial charge in [-0.25, -0.2) is 4.39 Å². The van der Waals surface area contributed by atoms with Gasteiger partial charge in [0.15, 0.2) is 5.82 Å². The topological polar surface area (TPSA) is 87.7 Å². The highest BCUT2D eigenvalue weighted by Gasteiger charge is 2.30. The molecule has 1 heterocycles. The molecule has 30 heavy (non-hydrogen) atoms. The number of carbonyl (C=O) groups excluding carboxylic acids is 1. The Hall–Kier alpha value is -3.56. The van der Waals surface area contributed by atoms with Crippen molar-refractivity contribution in [1.29, 1.82) is 0 Å². The van der Waals surface area contributed by atoms with Gasteiger partial charge >= 0.3 is 6.18 Å². The van der Waals surface area contributed by atoms with Gasteiger partial charge in [-0.3, -0.25) is 9.59 Å². The van der Waals surface area contributed by atoms with E-state index >= 15 is 0 Å². The molecule has 10 heteroatoms. The molecule has 0 radical (unpaired) electrons. The molecule has 156 valence electrons. The Morgan fingerprint density at radius 1 is 1.03 bits per heavy atom. The summed E-state index contributed by atoms with van der Waals surface area (Å²) in [5.41, 5.74) is -0.806. The molecule has 2 aromatic carbocycles. The van der Waals surface area contributed by atoms with E-state index in [1.165, 1.54) is 18.2 Å². The number of alkyl halides is 3. The van der Waals surface area contributed by atoms with Gasteiger partial charge in [0.05, 0.1) is 5.56 Å². The van der Waals surface area contributed by atoms with Crippen molar-refractivity contribution >= 4 is 5.91 Å². The van der Waals surface area contributed by atoms with Crippen LogP contribution in [0.3, 0.4) is 0 Å². The second-order valence-electron chi connectivity index (χ2n) is 6.39. The van der Waals surface area contributed by atoms with E-state index in [4.69, 9.17) is 0 Å². The lowest BCUT2D eigenvalue weighted by Crippen LogP contribution is -2.25. The summed E-state index contributed by atoms with van der Waals surface area (Å²) < 4.78 is 51.4. The number of amides is 1. The van der Waals surface area contributed by atoms with Crippen LogP contribution in [-0.2, 0) is 23.9 Å². The predicted molar refractivity (Wildman–Crippen MR) is 99.7 cm³/mol. The number of H-pyrrole nitrogens is 1. The normalized spacial score (nSPS) is 11.3. The van der Waals surface area contributed by atoms with Crippen LogP contribution in [0, 0.1) is 5.82 Å². The first-order valence-corrected chi connectivity index (χ1v) is 8.87. The molecule has 3 rings (SSSR count). The third-order valence-corrected chi connectivity index (χ3v) is 4.27. The van der Waals surface area contributed by atoms with Gasteiger partial charge < -0.3 is 10.3 Å². The minimum atomic E-state index is -4.46. The molecule has 6 nitrogen and oxygen atoms in total. The number of benzene rings is 2. The maximum atomic E-state index is 13.5. The molecule has 0 atom stereocenters. The molecular weight excluding hydrogens is 404 g/mol. The maximum absolute atomic E-state index is 13.5. The van der Waals surface area contributed by atoms with Crippen LogP contribution in [0.2, 0.25) is 0 Å². The molecular formula is C20H16F4N4O2. The van der Waals surface area contributed by atoms with E-state index in [9.17, 15) is 27.2 Å². The lowest BCUT2D eigenvalue weighted by atomic mass is 10.1. The number of hydrogen-bond donors (Lipinski definition) is 2. The number of hydrogen-bond acceptors (Lipinski definition) is 4. The molecule has 3 aromatic rings. The van der Waals surface area contributed by atoms with Crippen molar-refractivity contribution in [3.05, 3.63) is 81.5 Å². The molecule has 0 spiro atoms. The smallest absolute Gasteiger partial charge is 0.352 e. The summed E-state index contributed by atoms with van der Waals surface area (Å²) in [7, 11) is 0. The lowest BCUT2D eigenvalue weighted by molar-refractivity contribution is -0.137. The maximum Gasteiger partial charge on any atom is 0.416 e. The standard InChI is InChI=1S/C20H16F4N4O2/c21-15-4-2-1-3-13(15)11-25-17(29)10-9-16-19(30)26-18(28-27-16)12-5-7-14(8-6-12)20(22,23)24/h1-8H,9-11H2,(H,25,29)(H,26,28,30). The molecule has 1 amide bonds. The van der Waals surface area contributed by atoms with Crippen molar-refractivity contribution in [2.24, 2.45) is 0 Å². The van der Waals surface area contributed by atoms with Gasteiger partial charge in [-0.15, -0.1) is 10.2 Å². The molecule has 0 bridgehead atoms. The predicted octanol–water partition coefficient (Wildman–Crippen LogP) is 3.24. The zero-order valence-corrected chi connectivity index (χ0v) is 15.5. The number of aromatic nitrogens is 3. The summed E-state index contributed by atoms with van der Waals surface area (Å²) in [4.78, 5) is 26.5. The number of aryl methyl sites for hydroxylation is 1. The minimum absolute atomic E-state index is 0.00126. The highest BCUT2D eigenvalue weighted by Crippen LogP contribution is 2.30. The summed E-state index contributed by atoms with van der Waals surface area (Å²) in [5.74, 6) is -0.813. The van der Waals surface area contributed by atoms with E-state index in [2.05, 4.69) is 20.5 Å². The third kappa shape index (κ3) is 5.28. The summed E-state index contributed by atoms with van der Waals surface area (Å²) >= 11 is 0. The number of nitrogens with zero attached hydrogens (tertiary/aromatic N) is 2. The van der Waals surface area contributed by atoms with Crippen LogP contribution >= 0.6 is 0 Å². The van der Waals surface area contributed by atoms with Gasteiger partial charge in [0, 0.05) is 30.5 Å². The second-order valence-corrected chi connectivity index (χ2v) is 6.39. The summed E-state index contributed by atoms with van der Waals surface area (Å²) in [6.07, 6.45) is -4.53. The first-order chi connectivity index (χ1) is 14.2. The second kappa shape index (κ2) is 8.85. The Morgan fingerprint density at radius 3 is 2.37 bits per heavy atom. The molecule has 0 saturated carbocycles. The van der Waals surface area contributed by atoms with E-state index in [0.717, 1.165) is 12.1 Å². The van der Waals surface area contributed by atoms with Gasteiger partial charge in [-0.1, -0.05) is 30.3 Å². The average Bonchev–Trinajstić information content (AvgIpc) is 2.71. The highest BCUT2D eigenvalue weighted by molar-refractivity contribution is 5.76. The first kappa shape index (κ1) is 21.2. The quantitative estimate of drug-likeness (QED) is 0.600. The van der Waals surface area contributed by atoms with Crippen molar-refractivity contribution in [1.82, 2.24) is 20.5 Å². The van der Waals surface area contributed by atoms with Crippen LogP contribution in [0.1, 0.15) is 23.2 Å². The Morgan fingerprint density at radius 2 is 1.73 bits per heavy atom. The average molecular weight is 420 g/mol. The van der Waals surface area contributed by atoms with E-state index in [0.29, 0.717) is 5.56 Å². The van der Waals surface area contributed by atoms with Gasteiger partial charge in [0.25, 0.3) is 5.56 Å². The summed E-state index contributed by atoms with van der Waals surface area (Å²) in [6, 6.07) is 10.1. The van der Waals surface area contributed by atoms with Crippen molar-refractivity contribution in [2.45, 2.75) is 25.6 Å². The Labute approximate surface area is 168 Å². The third-order valence-electron chi connectivity index (χ3n) is 4.27. The molecule has 1 aromatic heterocycles. The molecule has 0 fully saturated rings. The van der Waals surface area contributed by atoms with Crippen LogP contribution in [0.5, 0.6) is 0 Å². The molecule has 0 aliphatic heterocycles.